The highest BCUT2D eigenvalue weighted by Gasteiger charge is 2.11. The highest BCUT2D eigenvalue weighted by molar-refractivity contribution is 7.98. The molecule has 3 aromatic rings. The summed E-state index contributed by atoms with van der Waals surface area (Å²) < 4.78 is 15.9. The van der Waals surface area contributed by atoms with Gasteiger partial charge in [-0.3, -0.25) is 4.79 Å². The van der Waals surface area contributed by atoms with Crippen molar-refractivity contribution in [3.05, 3.63) is 70.5 Å². The molecule has 8 nitrogen and oxygen atoms in total. The summed E-state index contributed by atoms with van der Waals surface area (Å²) in [6, 6.07) is 12.7. The van der Waals surface area contributed by atoms with E-state index in [9.17, 15) is 4.79 Å². The molecule has 0 aliphatic carbocycles. The minimum Gasteiger partial charge on any atom is -0.496 e. The van der Waals surface area contributed by atoms with E-state index in [1.54, 1.807) is 57.4 Å². The number of ether oxygens (including phenoxy) is 3. The Kier molecular flexibility index (Phi) is 8.26. The SMILES string of the molecule is COc1cc(OC)c(OC)cc1C=NNC(=O)c1ccc(CSc2nc(C)cc(C)n2)cc1. The van der Waals surface area contributed by atoms with Crippen LogP contribution >= 0.6 is 11.8 Å². The monoisotopic (exact) mass is 466 g/mol. The molecule has 9 heteroatoms. The quantitative estimate of drug-likeness (QED) is 0.219. The van der Waals surface area contributed by atoms with Gasteiger partial charge in [-0.1, -0.05) is 23.9 Å². The number of hydrogen-bond donors (Lipinski definition) is 1. The van der Waals surface area contributed by atoms with Crippen LogP contribution < -0.4 is 19.6 Å². The van der Waals surface area contributed by atoms with Gasteiger partial charge in [-0.2, -0.15) is 5.10 Å². The first kappa shape index (κ1) is 24.1. The van der Waals surface area contributed by atoms with E-state index in [1.807, 2.05) is 32.0 Å². The fourth-order valence-electron chi connectivity index (χ4n) is 3.04. The van der Waals surface area contributed by atoms with Gasteiger partial charge >= 0.3 is 0 Å². The number of nitrogens with one attached hydrogen (secondary N) is 1. The molecule has 1 heterocycles. The van der Waals surface area contributed by atoms with E-state index < -0.39 is 0 Å². The molecular weight excluding hydrogens is 440 g/mol. The molecule has 0 saturated carbocycles. The first-order chi connectivity index (χ1) is 15.9. The summed E-state index contributed by atoms with van der Waals surface area (Å²) in [5.41, 5.74) is 6.63. The summed E-state index contributed by atoms with van der Waals surface area (Å²) in [4.78, 5) is 21.3. The van der Waals surface area contributed by atoms with Crippen molar-refractivity contribution in [3.8, 4) is 17.2 Å². The molecule has 0 unspecified atom stereocenters. The number of hydrogen-bond acceptors (Lipinski definition) is 8. The molecule has 0 bridgehead atoms. The van der Waals surface area contributed by atoms with E-state index in [4.69, 9.17) is 14.2 Å². The first-order valence-corrected chi connectivity index (χ1v) is 11.1. The van der Waals surface area contributed by atoms with E-state index in [0.717, 1.165) is 22.1 Å². The molecule has 0 aliphatic heterocycles. The lowest BCUT2D eigenvalue weighted by Crippen LogP contribution is -2.17. The van der Waals surface area contributed by atoms with Gasteiger partial charge in [0.15, 0.2) is 16.7 Å². The molecular formula is C24H26N4O4S. The van der Waals surface area contributed by atoms with Gasteiger partial charge in [0, 0.05) is 34.3 Å². The molecule has 0 spiro atoms. The maximum atomic E-state index is 12.5. The molecule has 33 heavy (non-hydrogen) atoms. The zero-order chi connectivity index (χ0) is 23.8. The number of methoxy groups -OCH3 is 3. The Morgan fingerprint density at radius 2 is 1.55 bits per heavy atom. The Hall–Kier alpha value is -3.59. The molecule has 0 radical (unpaired) electrons. The van der Waals surface area contributed by atoms with Crippen LogP contribution in [0.5, 0.6) is 17.2 Å². The molecule has 0 atom stereocenters. The van der Waals surface area contributed by atoms with Crippen LogP contribution in [0, 0.1) is 13.8 Å². The number of benzene rings is 2. The van der Waals surface area contributed by atoms with Crippen LogP contribution in [0.3, 0.4) is 0 Å². The third kappa shape index (κ3) is 6.45. The standard InChI is InChI=1S/C24H26N4O4S/c1-15-10-16(2)27-24(26-15)33-14-17-6-8-18(9-7-17)23(29)28-25-13-19-11-21(31-4)22(32-5)12-20(19)30-3/h6-13H,14H2,1-5H3,(H,28,29). The van der Waals surface area contributed by atoms with E-state index in [-0.39, 0.29) is 5.91 Å². The molecule has 2 aromatic carbocycles. The van der Waals surface area contributed by atoms with Gasteiger partial charge in [0.25, 0.3) is 5.91 Å². The van der Waals surface area contributed by atoms with Crippen LogP contribution in [0.1, 0.15) is 32.9 Å². The van der Waals surface area contributed by atoms with Crippen molar-refractivity contribution in [3.63, 3.8) is 0 Å². The molecule has 1 aromatic heterocycles. The third-order valence-corrected chi connectivity index (χ3v) is 5.57. The van der Waals surface area contributed by atoms with Crippen molar-refractivity contribution in [2.24, 2.45) is 5.10 Å². The second kappa shape index (κ2) is 11.3. The van der Waals surface area contributed by atoms with Crippen molar-refractivity contribution in [2.75, 3.05) is 21.3 Å². The van der Waals surface area contributed by atoms with Crippen molar-refractivity contribution in [2.45, 2.75) is 24.8 Å². The van der Waals surface area contributed by atoms with E-state index in [2.05, 4.69) is 20.5 Å². The van der Waals surface area contributed by atoms with Gasteiger partial charge in [0.05, 0.1) is 27.5 Å². The average molecular weight is 467 g/mol. The summed E-state index contributed by atoms with van der Waals surface area (Å²) in [7, 11) is 4.64. The minimum atomic E-state index is -0.317. The number of thioether (sulfide) groups is 1. The second-order valence-electron chi connectivity index (χ2n) is 7.07. The largest absolute Gasteiger partial charge is 0.496 e. The highest BCUT2D eigenvalue weighted by Crippen LogP contribution is 2.33. The summed E-state index contributed by atoms with van der Waals surface area (Å²) in [6.07, 6.45) is 1.49. The van der Waals surface area contributed by atoms with Gasteiger partial charge < -0.3 is 14.2 Å². The van der Waals surface area contributed by atoms with Gasteiger partial charge in [-0.25, -0.2) is 15.4 Å². The van der Waals surface area contributed by atoms with Crippen molar-refractivity contribution in [1.82, 2.24) is 15.4 Å². The molecule has 0 aliphatic rings. The Bertz CT molecular complexity index is 1130. The van der Waals surface area contributed by atoms with Gasteiger partial charge in [-0.15, -0.1) is 0 Å². The van der Waals surface area contributed by atoms with Crippen LogP contribution in [0.4, 0.5) is 0 Å². The van der Waals surface area contributed by atoms with Crippen molar-refractivity contribution in [1.29, 1.82) is 0 Å². The molecule has 3 rings (SSSR count). The Morgan fingerprint density at radius 3 is 2.15 bits per heavy atom. The average Bonchev–Trinajstić information content (AvgIpc) is 2.82. The predicted octanol–water partition coefficient (Wildman–Crippen LogP) is 4.18. The lowest BCUT2D eigenvalue weighted by atomic mass is 10.1. The Balaban J connectivity index is 1.61. The number of carbonyl (C=O) groups excluding carboxylic acids is 1. The maximum Gasteiger partial charge on any atom is 0.271 e. The molecule has 1 amide bonds. The summed E-state index contributed by atoms with van der Waals surface area (Å²) >= 11 is 1.56. The molecule has 172 valence electrons. The lowest BCUT2D eigenvalue weighted by molar-refractivity contribution is 0.0955. The number of hydrazone groups is 1. The molecule has 0 saturated heterocycles. The zero-order valence-corrected chi connectivity index (χ0v) is 20.0. The maximum absolute atomic E-state index is 12.5. The Morgan fingerprint density at radius 1 is 0.939 bits per heavy atom. The van der Waals surface area contributed by atoms with E-state index >= 15 is 0 Å². The first-order valence-electron chi connectivity index (χ1n) is 10.1. The summed E-state index contributed by atoms with van der Waals surface area (Å²) in [5, 5.41) is 4.80. The normalized spacial score (nSPS) is 10.8. The number of amides is 1. The summed E-state index contributed by atoms with van der Waals surface area (Å²) in [5.74, 6) is 2.01. The second-order valence-corrected chi connectivity index (χ2v) is 8.01. The van der Waals surface area contributed by atoms with Gasteiger partial charge in [0.2, 0.25) is 0 Å². The number of rotatable bonds is 9. The van der Waals surface area contributed by atoms with Crippen molar-refractivity contribution < 1.29 is 19.0 Å². The fraction of sp³-hybridized carbons (Fsp3) is 0.250. The topological polar surface area (TPSA) is 94.9 Å². The molecule has 1 N–H and O–H groups in total. The predicted molar refractivity (Wildman–Crippen MR) is 129 cm³/mol. The number of carbonyl (C=O) groups is 1. The smallest absolute Gasteiger partial charge is 0.271 e. The van der Waals surface area contributed by atoms with Gasteiger partial charge in [0.1, 0.15) is 5.75 Å². The van der Waals surface area contributed by atoms with Crippen LogP contribution in [0.25, 0.3) is 0 Å². The molecule has 0 fully saturated rings. The number of aryl methyl sites for hydroxylation is 2. The van der Waals surface area contributed by atoms with E-state index in [0.29, 0.717) is 34.1 Å². The number of nitrogens with zero attached hydrogens (tertiary/aromatic N) is 3. The number of aromatic nitrogens is 2. The zero-order valence-electron chi connectivity index (χ0n) is 19.2. The van der Waals surface area contributed by atoms with E-state index in [1.165, 1.54) is 6.21 Å². The minimum absolute atomic E-state index is 0.317. The van der Waals surface area contributed by atoms with Crippen molar-refractivity contribution >= 4 is 23.9 Å². The fourth-order valence-corrected chi connectivity index (χ4v) is 3.94. The van der Waals surface area contributed by atoms with Crippen LogP contribution in [0.15, 0.2) is 52.7 Å². The highest BCUT2D eigenvalue weighted by atomic mass is 32.2. The van der Waals surface area contributed by atoms with Gasteiger partial charge in [-0.05, 0) is 43.7 Å². The van der Waals surface area contributed by atoms with Crippen LogP contribution in [-0.2, 0) is 5.75 Å². The summed E-state index contributed by atoms with van der Waals surface area (Å²) in [6.45, 7) is 3.91. The third-order valence-electron chi connectivity index (χ3n) is 4.65. The van der Waals surface area contributed by atoms with Crippen LogP contribution in [0.2, 0.25) is 0 Å². The van der Waals surface area contributed by atoms with Crippen LogP contribution in [-0.4, -0.2) is 43.4 Å². The lowest BCUT2D eigenvalue weighted by Gasteiger charge is -2.11. The Labute approximate surface area is 197 Å².